The lowest BCUT2D eigenvalue weighted by Crippen LogP contribution is -2.40. The van der Waals surface area contributed by atoms with Crippen molar-refractivity contribution in [1.29, 1.82) is 0 Å². The van der Waals surface area contributed by atoms with Gasteiger partial charge in [-0.1, -0.05) is 24.3 Å². The molecule has 0 saturated heterocycles. The second-order valence-corrected chi connectivity index (χ2v) is 9.77. The molecule has 0 amide bonds. The molecule has 8 heteroatoms. The lowest BCUT2D eigenvalue weighted by molar-refractivity contribution is 0.491. The minimum absolute atomic E-state index is 0.262. The summed E-state index contributed by atoms with van der Waals surface area (Å²) in [6.45, 7) is 9.13. The van der Waals surface area contributed by atoms with Gasteiger partial charge in [0.25, 0.3) is 0 Å². The predicted molar refractivity (Wildman–Crippen MR) is 112 cm³/mol. The monoisotopic (exact) mass is 408 g/mol. The van der Waals surface area contributed by atoms with E-state index >= 15 is 0 Å². The molecule has 3 N–H and O–H groups in total. The van der Waals surface area contributed by atoms with Crippen molar-refractivity contribution in [2.75, 3.05) is 6.54 Å². The van der Waals surface area contributed by atoms with Gasteiger partial charge in [0.2, 0.25) is 10.0 Å². The van der Waals surface area contributed by atoms with Crippen molar-refractivity contribution in [3.8, 4) is 0 Å². The molecule has 0 radical (unpaired) electrons. The molecular weight excluding hydrogens is 380 g/mol. The first-order chi connectivity index (χ1) is 12.7. The average Bonchev–Trinajstić information content (AvgIpc) is 3.09. The van der Waals surface area contributed by atoms with Gasteiger partial charge < -0.3 is 10.6 Å². The van der Waals surface area contributed by atoms with Crippen molar-refractivity contribution < 1.29 is 8.42 Å². The summed E-state index contributed by atoms with van der Waals surface area (Å²) in [4.78, 5) is 6.03. The number of nitrogens with one attached hydrogen (secondary N) is 3. The minimum Gasteiger partial charge on any atom is -0.357 e. The minimum atomic E-state index is -3.61. The highest BCUT2D eigenvalue weighted by molar-refractivity contribution is 7.89. The third kappa shape index (κ3) is 6.97. The summed E-state index contributed by atoms with van der Waals surface area (Å²) in [5.74, 6) is 0.655. The van der Waals surface area contributed by atoms with Gasteiger partial charge in [0.05, 0.1) is 18.0 Å². The van der Waals surface area contributed by atoms with Gasteiger partial charge in [-0.15, -0.1) is 11.3 Å². The molecule has 148 valence electrons. The highest BCUT2D eigenvalue weighted by Crippen LogP contribution is 2.18. The Morgan fingerprint density at radius 1 is 1.11 bits per heavy atom. The van der Waals surface area contributed by atoms with Gasteiger partial charge >= 0.3 is 0 Å². The highest BCUT2D eigenvalue weighted by Gasteiger charge is 2.24. The first-order valence-electron chi connectivity index (χ1n) is 8.88. The molecule has 1 aromatic carbocycles. The highest BCUT2D eigenvalue weighted by atomic mass is 32.2. The first-order valence-corrected chi connectivity index (χ1v) is 11.2. The number of sulfonamides is 1. The van der Waals surface area contributed by atoms with Crippen LogP contribution in [0.3, 0.4) is 0 Å². The summed E-state index contributed by atoms with van der Waals surface area (Å²) in [6.07, 6.45) is 0. The van der Waals surface area contributed by atoms with E-state index in [1.807, 2.05) is 45.2 Å². The Balaban J connectivity index is 2.18. The normalized spacial score (nSPS) is 12.8. The fourth-order valence-corrected chi connectivity index (χ4v) is 4.74. The number of nitrogens with zero attached hydrogens (tertiary/aromatic N) is 1. The average molecular weight is 409 g/mol. The van der Waals surface area contributed by atoms with Crippen LogP contribution in [0.5, 0.6) is 0 Å². The van der Waals surface area contributed by atoms with Crippen LogP contribution < -0.4 is 15.4 Å². The maximum Gasteiger partial charge on any atom is 0.241 e. The maximum atomic E-state index is 12.7. The number of rotatable bonds is 7. The lowest BCUT2D eigenvalue weighted by atomic mass is 10.1. The number of hydrogen-bond acceptors (Lipinski definition) is 4. The van der Waals surface area contributed by atoms with E-state index in [0.717, 1.165) is 6.54 Å². The molecule has 2 aromatic rings. The molecule has 0 saturated carbocycles. The van der Waals surface area contributed by atoms with Crippen LogP contribution in [-0.2, 0) is 23.1 Å². The van der Waals surface area contributed by atoms with Crippen LogP contribution in [0.25, 0.3) is 0 Å². The van der Waals surface area contributed by atoms with Crippen LogP contribution in [0.4, 0.5) is 0 Å². The third-order valence-corrected chi connectivity index (χ3v) is 6.20. The number of thiophene rings is 1. The summed E-state index contributed by atoms with van der Waals surface area (Å²) in [5.41, 5.74) is 0.106. The Hall–Kier alpha value is -1.90. The molecule has 0 spiro atoms. The van der Waals surface area contributed by atoms with Crippen LogP contribution in [0, 0.1) is 0 Å². The number of hydrogen-bond donors (Lipinski definition) is 3. The number of benzene rings is 1. The Labute approximate surface area is 166 Å². The van der Waals surface area contributed by atoms with Gasteiger partial charge in [-0.2, -0.15) is 0 Å². The van der Waals surface area contributed by atoms with Gasteiger partial charge in [0.1, 0.15) is 0 Å². The fraction of sp³-hybridized carbons (Fsp3) is 0.421. The Morgan fingerprint density at radius 2 is 1.85 bits per heavy atom. The van der Waals surface area contributed by atoms with Crippen LogP contribution in [0.15, 0.2) is 51.7 Å². The summed E-state index contributed by atoms with van der Waals surface area (Å²) >= 11 is 1.68. The molecule has 2 rings (SSSR count). The summed E-state index contributed by atoms with van der Waals surface area (Å²) in [6, 6.07) is 11.0. The molecule has 0 aliphatic carbocycles. The van der Waals surface area contributed by atoms with Crippen molar-refractivity contribution in [3.63, 3.8) is 0 Å². The van der Waals surface area contributed by atoms with Crippen molar-refractivity contribution >= 4 is 27.3 Å². The van der Waals surface area contributed by atoms with E-state index in [-0.39, 0.29) is 11.4 Å². The SMILES string of the molecule is CCNC(=NCc1ccccc1S(=O)(=O)NC(C)(C)C)NCc1cccs1. The van der Waals surface area contributed by atoms with Crippen LogP contribution in [0.2, 0.25) is 0 Å². The second-order valence-electron chi connectivity index (χ2n) is 7.09. The first kappa shape index (κ1) is 21.4. The molecule has 0 bridgehead atoms. The smallest absolute Gasteiger partial charge is 0.241 e. The maximum absolute atomic E-state index is 12.7. The molecule has 0 unspecified atom stereocenters. The van der Waals surface area contributed by atoms with E-state index < -0.39 is 15.6 Å². The predicted octanol–water partition coefficient (Wildman–Crippen LogP) is 3.08. The van der Waals surface area contributed by atoms with Crippen molar-refractivity contribution in [1.82, 2.24) is 15.4 Å². The van der Waals surface area contributed by atoms with Crippen molar-refractivity contribution in [2.45, 2.75) is 51.2 Å². The van der Waals surface area contributed by atoms with E-state index in [2.05, 4.69) is 26.4 Å². The molecule has 1 heterocycles. The molecule has 0 aliphatic rings. The van der Waals surface area contributed by atoms with E-state index in [9.17, 15) is 8.42 Å². The van der Waals surface area contributed by atoms with Gasteiger partial charge in [-0.3, -0.25) is 0 Å². The molecule has 0 aliphatic heterocycles. The van der Waals surface area contributed by atoms with Crippen molar-refractivity contribution in [2.24, 2.45) is 4.99 Å². The zero-order valence-electron chi connectivity index (χ0n) is 16.2. The standard InChI is InChI=1S/C19H28N4O2S2/c1-5-20-18(22-14-16-10-8-12-26-16)21-13-15-9-6-7-11-17(15)27(24,25)23-19(2,3)4/h6-12,23H,5,13-14H2,1-4H3,(H2,20,21,22). The Bertz CT molecular complexity index is 854. The molecule has 0 fully saturated rings. The van der Waals surface area contributed by atoms with Crippen LogP contribution >= 0.6 is 11.3 Å². The van der Waals surface area contributed by atoms with E-state index in [4.69, 9.17) is 0 Å². The zero-order chi connectivity index (χ0) is 19.9. The number of guanidine groups is 1. The third-order valence-electron chi connectivity index (χ3n) is 3.46. The van der Waals surface area contributed by atoms with Crippen LogP contribution in [0.1, 0.15) is 38.1 Å². The quantitative estimate of drug-likeness (QED) is 0.486. The molecule has 27 heavy (non-hydrogen) atoms. The second kappa shape index (κ2) is 9.34. The summed E-state index contributed by atoms with van der Waals surface area (Å²) in [7, 11) is -3.61. The van der Waals surface area contributed by atoms with E-state index in [1.165, 1.54) is 4.88 Å². The lowest BCUT2D eigenvalue weighted by Gasteiger charge is -2.21. The van der Waals surface area contributed by atoms with Crippen LogP contribution in [-0.4, -0.2) is 26.5 Å². The Morgan fingerprint density at radius 3 is 2.48 bits per heavy atom. The van der Waals surface area contributed by atoms with Gasteiger partial charge in [-0.25, -0.2) is 18.1 Å². The Kier molecular flexibility index (Phi) is 7.41. The van der Waals surface area contributed by atoms with Crippen molar-refractivity contribution in [3.05, 3.63) is 52.2 Å². The largest absolute Gasteiger partial charge is 0.357 e. The molecule has 0 atom stereocenters. The topological polar surface area (TPSA) is 82.6 Å². The summed E-state index contributed by atoms with van der Waals surface area (Å²) in [5, 5.41) is 8.50. The molecule has 6 nitrogen and oxygen atoms in total. The van der Waals surface area contributed by atoms with Gasteiger partial charge in [0.15, 0.2) is 5.96 Å². The molecular formula is C19H28N4O2S2. The zero-order valence-corrected chi connectivity index (χ0v) is 17.9. The van der Waals surface area contributed by atoms with E-state index in [0.29, 0.717) is 18.1 Å². The number of aliphatic imine (C=N–C) groups is 1. The summed E-state index contributed by atoms with van der Waals surface area (Å²) < 4.78 is 28.2. The fourth-order valence-electron chi connectivity index (χ4n) is 2.44. The molecule has 1 aromatic heterocycles. The van der Waals surface area contributed by atoms with Gasteiger partial charge in [-0.05, 0) is 50.8 Å². The van der Waals surface area contributed by atoms with Gasteiger partial charge in [0, 0.05) is 17.0 Å². The van der Waals surface area contributed by atoms with E-state index in [1.54, 1.807) is 29.5 Å².